The molecule has 0 saturated heterocycles. The quantitative estimate of drug-likeness (QED) is 0.762. The van der Waals surface area contributed by atoms with Gasteiger partial charge in [0, 0.05) is 16.2 Å². The first-order valence-electron chi connectivity index (χ1n) is 4.94. The summed E-state index contributed by atoms with van der Waals surface area (Å²) in [6.45, 7) is 0. The average molecular weight is 335 g/mol. The number of pyridine rings is 1. The Hall–Kier alpha value is -1.20. The molecule has 0 fully saturated rings. The van der Waals surface area contributed by atoms with E-state index in [1.807, 2.05) is 0 Å². The minimum absolute atomic E-state index is 0.00825. The van der Waals surface area contributed by atoms with Crippen molar-refractivity contribution < 1.29 is 13.5 Å². The van der Waals surface area contributed by atoms with E-state index in [0.717, 1.165) is 0 Å². The summed E-state index contributed by atoms with van der Waals surface area (Å²) in [7, 11) is 0. The zero-order valence-corrected chi connectivity index (χ0v) is 11.3. The van der Waals surface area contributed by atoms with Crippen LogP contribution in [0.4, 0.5) is 8.78 Å². The lowest BCUT2D eigenvalue weighted by Crippen LogP contribution is -1.97. The van der Waals surface area contributed by atoms with Crippen molar-refractivity contribution in [2.45, 2.75) is 5.88 Å². The van der Waals surface area contributed by atoms with E-state index in [1.54, 1.807) is 0 Å². The largest absolute Gasteiger partial charge is 0.433 e. The molecule has 0 unspecified atom stereocenters. The molecule has 6 heteroatoms. The van der Waals surface area contributed by atoms with Gasteiger partial charge in [-0.05, 0) is 24.3 Å². The highest BCUT2D eigenvalue weighted by Crippen LogP contribution is 2.29. The summed E-state index contributed by atoms with van der Waals surface area (Å²) < 4.78 is 33.0. The van der Waals surface area contributed by atoms with Crippen molar-refractivity contribution in [2.75, 3.05) is 0 Å². The Bertz CT molecular complexity index is 580. The van der Waals surface area contributed by atoms with Gasteiger partial charge in [-0.25, -0.2) is 13.8 Å². The molecule has 2 aromatic rings. The predicted octanol–water partition coefficient (Wildman–Crippen LogP) is 4.65. The molecule has 1 heterocycles. The van der Waals surface area contributed by atoms with Crippen LogP contribution in [0.5, 0.6) is 11.6 Å². The molecule has 1 aromatic carbocycles. The van der Waals surface area contributed by atoms with Gasteiger partial charge >= 0.3 is 0 Å². The molecule has 0 saturated carbocycles. The predicted molar refractivity (Wildman–Crippen MR) is 67.9 cm³/mol. The maximum Gasteiger partial charge on any atom is 0.256 e. The number of ether oxygens (including phenoxy) is 1. The molecule has 0 spiro atoms. The van der Waals surface area contributed by atoms with Crippen LogP contribution in [-0.2, 0) is 5.88 Å². The van der Waals surface area contributed by atoms with Gasteiger partial charge in [0.25, 0.3) is 5.88 Å². The van der Waals surface area contributed by atoms with Gasteiger partial charge in [0.15, 0.2) is 17.4 Å². The van der Waals surface area contributed by atoms with Crippen LogP contribution >= 0.6 is 27.5 Å². The minimum Gasteiger partial charge on any atom is -0.433 e. The Kier molecular flexibility index (Phi) is 4.14. The first kappa shape index (κ1) is 13.2. The third kappa shape index (κ3) is 2.79. The van der Waals surface area contributed by atoms with E-state index in [9.17, 15) is 8.78 Å². The smallest absolute Gasteiger partial charge is 0.256 e. The van der Waals surface area contributed by atoms with Gasteiger partial charge in [-0.2, -0.15) is 0 Å². The monoisotopic (exact) mass is 333 g/mol. The van der Waals surface area contributed by atoms with E-state index in [-0.39, 0.29) is 23.1 Å². The van der Waals surface area contributed by atoms with Crippen LogP contribution < -0.4 is 4.74 Å². The van der Waals surface area contributed by atoms with Gasteiger partial charge in [-0.3, -0.25) is 0 Å². The van der Waals surface area contributed by atoms with Crippen molar-refractivity contribution in [1.82, 2.24) is 4.98 Å². The molecule has 0 atom stereocenters. The van der Waals surface area contributed by atoms with Crippen molar-refractivity contribution in [3.05, 3.63) is 52.1 Å². The lowest BCUT2D eigenvalue weighted by atomic mass is 10.3. The van der Waals surface area contributed by atoms with Gasteiger partial charge in [0.1, 0.15) is 0 Å². The number of hydrogen-bond donors (Lipinski definition) is 0. The molecule has 1 aromatic heterocycles. The molecule has 0 N–H and O–H groups in total. The number of nitrogens with zero attached hydrogens (tertiary/aromatic N) is 1. The first-order valence-corrected chi connectivity index (χ1v) is 6.27. The second kappa shape index (κ2) is 5.63. The summed E-state index contributed by atoms with van der Waals surface area (Å²) in [6.07, 6.45) is 1.35. The van der Waals surface area contributed by atoms with Crippen LogP contribution in [0.3, 0.4) is 0 Å². The topological polar surface area (TPSA) is 22.1 Å². The number of rotatable bonds is 3. The minimum atomic E-state index is -0.688. The van der Waals surface area contributed by atoms with Gasteiger partial charge in [-0.1, -0.05) is 15.9 Å². The fraction of sp³-hybridized carbons (Fsp3) is 0.0833. The molecule has 0 aliphatic rings. The Labute approximate surface area is 116 Å². The molecule has 0 radical (unpaired) electrons. The van der Waals surface area contributed by atoms with Gasteiger partial charge in [0.2, 0.25) is 0 Å². The Balaban J connectivity index is 2.37. The SMILES string of the molecule is Fc1ccc(Br)cc1Oc1nccc(CCl)c1F. The molecular formula is C12H7BrClF2NO. The average Bonchev–Trinajstić information content (AvgIpc) is 2.36. The van der Waals surface area contributed by atoms with E-state index in [4.69, 9.17) is 16.3 Å². The van der Waals surface area contributed by atoms with Crippen LogP contribution in [-0.4, -0.2) is 4.98 Å². The van der Waals surface area contributed by atoms with Gasteiger partial charge in [-0.15, -0.1) is 11.6 Å². The number of halogens is 4. The van der Waals surface area contributed by atoms with E-state index in [2.05, 4.69) is 20.9 Å². The van der Waals surface area contributed by atoms with Crippen molar-refractivity contribution in [2.24, 2.45) is 0 Å². The molecule has 0 aliphatic heterocycles. The molecule has 0 bridgehead atoms. The van der Waals surface area contributed by atoms with E-state index in [0.29, 0.717) is 4.47 Å². The molecule has 0 amide bonds. The number of aromatic nitrogens is 1. The summed E-state index contributed by atoms with van der Waals surface area (Å²) >= 11 is 8.73. The number of alkyl halides is 1. The summed E-state index contributed by atoms with van der Waals surface area (Å²) in [5.74, 6) is -1.71. The van der Waals surface area contributed by atoms with Crippen molar-refractivity contribution in [3.63, 3.8) is 0 Å². The normalized spacial score (nSPS) is 10.4. The maximum absolute atomic E-state index is 13.8. The zero-order chi connectivity index (χ0) is 13.1. The molecule has 18 heavy (non-hydrogen) atoms. The standard InChI is InChI=1S/C12H7BrClF2NO/c13-8-1-2-9(15)10(5-8)18-12-11(16)7(6-14)3-4-17-12/h1-5H,6H2. The third-order valence-corrected chi connectivity index (χ3v) is 2.96. The molecule has 0 aliphatic carbocycles. The molecule has 2 nitrogen and oxygen atoms in total. The number of benzene rings is 1. The Morgan fingerprint density at radius 1 is 1.28 bits per heavy atom. The van der Waals surface area contributed by atoms with Crippen LogP contribution in [0, 0.1) is 11.6 Å². The molecular weight excluding hydrogens is 327 g/mol. The summed E-state index contributed by atoms with van der Waals surface area (Å²) in [6, 6.07) is 5.56. The van der Waals surface area contributed by atoms with E-state index in [1.165, 1.54) is 30.5 Å². The van der Waals surface area contributed by atoms with Gasteiger partial charge in [0.05, 0.1) is 5.88 Å². The van der Waals surface area contributed by atoms with Crippen LogP contribution in [0.15, 0.2) is 34.9 Å². The lowest BCUT2D eigenvalue weighted by molar-refractivity contribution is 0.396. The van der Waals surface area contributed by atoms with Gasteiger partial charge < -0.3 is 4.74 Å². The fourth-order valence-corrected chi connectivity index (χ4v) is 1.84. The Morgan fingerprint density at radius 3 is 2.78 bits per heavy atom. The summed E-state index contributed by atoms with van der Waals surface area (Å²) in [5.41, 5.74) is 0.247. The highest BCUT2D eigenvalue weighted by Gasteiger charge is 2.13. The lowest BCUT2D eigenvalue weighted by Gasteiger charge is -2.08. The molecule has 94 valence electrons. The maximum atomic E-state index is 13.8. The zero-order valence-electron chi connectivity index (χ0n) is 8.96. The van der Waals surface area contributed by atoms with Crippen molar-refractivity contribution in [1.29, 1.82) is 0 Å². The highest BCUT2D eigenvalue weighted by molar-refractivity contribution is 9.10. The van der Waals surface area contributed by atoms with Crippen molar-refractivity contribution in [3.8, 4) is 11.6 Å². The second-order valence-electron chi connectivity index (χ2n) is 3.40. The van der Waals surface area contributed by atoms with Crippen LogP contribution in [0.2, 0.25) is 0 Å². The van der Waals surface area contributed by atoms with E-state index >= 15 is 0 Å². The number of hydrogen-bond acceptors (Lipinski definition) is 2. The summed E-state index contributed by atoms with van der Waals surface area (Å²) in [5, 5.41) is 0. The van der Waals surface area contributed by atoms with Crippen LogP contribution in [0.1, 0.15) is 5.56 Å². The highest BCUT2D eigenvalue weighted by atomic mass is 79.9. The Morgan fingerprint density at radius 2 is 2.06 bits per heavy atom. The van der Waals surface area contributed by atoms with E-state index < -0.39 is 11.6 Å². The van der Waals surface area contributed by atoms with Crippen molar-refractivity contribution >= 4 is 27.5 Å². The second-order valence-corrected chi connectivity index (χ2v) is 4.58. The van der Waals surface area contributed by atoms with Crippen LogP contribution in [0.25, 0.3) is 0 Å². The fourth-order valence-electron chi connectivity index (χ4n) is 1.30. The molecule has 2 rings (SSSR count). The summed E-state index contributed by atoms with van der Waals surface area (Å²) in [4.78, 5) is 3.72. The third-order valence-electron chi connectivity index (χ3n) is 2.18. The first-order chi connectivity index (χ1) is 8.61.